The minimum Gasteiger partial charge on any atom is -0.494 e. The van der Waals surface area contributed by atoms with Gasteiger partial charge in [-0.15, -0.1) is 11.3 Å². The largest absolute Gasteiger partial charge is 0.494 e. The van der Waals surface area contributed by atoms with Crippen LogP contribution in [0.25, 0.3) is 10.6 Å². The summed E-state index contributed by atoms with van der Waals surface area (Å²) in [6.07, 6.45) is 6.27. The van der Waals surface area contributed by atoms with E-state index in [1.807, 2.05) is 11.3 Å². The fraction of sp³-hybridized carbons (Fsp3) is 0.550. The lowest BCUT2D eigenvalue weighted by molar-refractivity contribution is 0.205. The van der Waals surface area contributed by atoms with E-state index in [9.17, 15) is 0 Å². The molecule has 1 fully saturated rings. The molecule has 0 bridgehead atoms. The maximum atomic E-state index is 5.92. The molecule has 25 heavy (non-hydrogen) atoms. The van der Waals surface area contributed by atoms with E-state index in [1.54, 1.807) is 0 Å². The molecule has 0 amide bonds. The predicted octanol–water partition coefficient (Wildman–Crippen LogP) is 3.71. The average Bonchev–Trinajstić information content (AvgIpc) is 3.11. The Morgan fingerprint density at radius 1 is 1.12 bits per heavy atom. The summed E-state index contributed by atoms with van der Waals surface area (Å²) in [6.45, 7) is 6.50. The van der Waals surface area contributed by atoms with Crippen molar-refractivity contribution in [3.8, 4) is 16.3 Å². The van der Waals surface area contributed by atoms with Gasteiger partial charge in [0.2, 0.25) is 0 Å². The second kappa shape index (κ2) is 8.30. The topological polar surface area (TPSA) is 37.4 Å². The van der Waals surface area contributed by atoms with Crippen LogP contribution < -0.4 is 10.1 Å². The van der Waals surface area contributed by atoms with E-state index in [4.69, 9.17) is 9.72 Å². The molecule has 0 atom stereocenters. The van der Waals surface area contributed by atoms with Crippen molar-refractivity contribution in [3.05, 3.63) is 34.8 Å². The highest BCUT2D eigenvalue weighted by molar-refractivity contribution is 7.15. The Bertz CT molecular complexity index is 653. The molecular weight excluding hydrogens is 330 g/mol. The molecule has 1 saturated heterocycles. The van der Waals surface area contributed by atoms with Gasteiger partial charge in [0.15, 0.2) is 0 Å². The molecule has 2 aliphatic heterocycles. The standard InChI is InChI=1S/C20H27N3OS/c1-2-11-23(12-3-1)13-4-14-24-17-7-5-16(6-8-17)20-22-18-9-10-21-15-19(18)25-20/h5-8,21H,1-4,9-15H2. The second-order valence-corrected chi connectivity index (χ2v) is 8.03. The van der Waals surface area contributed by atoms with E-state index in [0.717, 1.165) is 49.8 Å². The van der Waals surface area contributed by atoms with E-state index in [-0.39, 0.29) is 0 Å². The zero-order valence-electron chi connectivity index (χ0n) is 14.8. The Morgan fingerprint density at radius 2 is 1.96 bits per heavy atom. The van der Waals surface area contributed by atoms with Crippen molar-refractivity contribution in [1.29, 1.82) is 0 Å². The summed E-state index contributed by atoms with van der Waals surface area (Å²) in [5.74, 6) is 0.963. The Labute approximate surface area is 154 Å². The fourth-order valence-electron chi connectivity index (χ4n) is 3.60. The zero-order chi connectivity index (χ0) is 16.9. The Balaban J connectivity index is 1.27. The van der Waals surface area contributed by atoms with Crippen LogP contribution >= 0.6 is 11.3 Å². The summed E-state index contributed by atoms with van der Waals surface area (Å²) in [5.41, 5.74) is 2.47. The van der Waals surface area contributed by atoms with Crippen LogP contribution in [0.2, 0.25) is 0 Å². The summed E-state index contributed by atoms with van der Waals surface area (Å²) in [6, 6.07) is 8.43. The van der Waals surface area contributed by atoms with Crippen molar-refractivity contribution in [2.24, 2.45) is 0 Å². The second-order valence-electron chi connectivity index (χ2n) is 6.94. The third kappa shape index (κ3) is 4.40. The van der Waals surface area contributed by atoms with Crippen LogP contribution in [0.15, 0.2) is 24.3 Å². The molecule has 4 rings (SSSR count). The molecule has 0 radical (unpaired) electrons. The lowest BCUT2D eigenvalue weighted by atomic mass is 10.1. The number of nitrogens with one attached hydrogen (secondary N) is 1. The van der Waals surface area contributed by atoms with Crippen molar-refractivity contribution in [3.63, 3.8) is 0 Å². The SMILES string of the molecule is c1cc(-c2nc3c(s2)CNCC3)ccc1OCCCN1CCCCC1. The Kier molecular flexibility index (Phi) is 5.65. The highest BCUT2D eigenvalue weighted by atomic mass is 32.1. The van der Waals surface area contributed by atoms with E-state index >= 15 is 0 Å². The zero-order valence-corrected chi connectivity index (χ0v) is 15.6. The number of aromatic nitrogens is 1. The van der Waals surface area contributed by atoms with Gasteiger partial charge in [-0.2, -0.15) is 0 Å². The molecule has 0 saturated carbocycles. The van der Waals surface area contributed by atoms with Crippen LogP contribution in [0.5, 0.6) is 5.75 Å². The number of likely N-dealkylation sites (tertiary alicyclic amines) is 1. The van der Waals surface area contributed by atoms with E-state index in [1.165, 1.54) is 48.5 Å². The van der Waals surface area contributed by atoms with Crippen LogP contribution in [0.3, 0.4) is 0 Å². The summed E-state index contributed by atoms with van der Waals surface area (Å²) < 4.78 is 5.92. The number of piperidine rings is 1. The third-order valence-electron chi connectivity index (χ3n) is 5.04. The molecule has 2 aromatic rings. The molecule has 1 N–H and O–H groups in total. The van der Waals surface area contributed by atoms with Crippen molar-refractivity contribution < 1.29 is 4.74 Å². The van der Waals surface area contributed by atoms with Crippen LogP contribution in [0.4, 0.5) is 0 Å². The number of fused-ring (bicyclic) bond motifs is 1. The Hall–Kier alpha value is -1.43. The minimum absolute atomic E-state index is 0.799. The first-order chi connectivity index (χ1) is 12.4. The van der Waals surface area contributed by atoms with Gasteiger partial charge in [0.25, 0.3) is 0 Å². The molecule has 5 heteroatoms. The van der Waals surface area contributed by atoms with Gasteiger partial charge in [0, 0.05) is 36.5 Å². The molecule has 1 aromatic heterocycles. The first kappa shape index (κ1) is 17.0. The fourth-order valence-corrected chi connectivity index (χ4v) is 4.69. The third-order valence-corrected chi connectivity index (χ3v) is 6.19. The van der Waals surface area contributed by atoms with Crippen LogP contribution in [-0.2, 0) is 13.0 Å². The van der Waals surface area contributed by atoms with Gasteiger partial charge in [0.05, 0.1) is 12.3 Å². The van der Waals surface area contributed by atoms with Gasteiger partial charge in [-0.05, 0) is 56.6 Å². The van der Waals surface area contributed by atoms with Crippen molar-refractivity contribution in [1.82, 2.24) is 15.2 Å². The summed E-state index contributed by atoms with van der Waals surface area (Å²) in [4.78, 5) is 8.76. The van der Waals surface area contributed by atoms with Gasteiger partial charge >= 0.3 is 0 Å². The normalized spacial score (nSPS) is 18.1. The van der Waals surface area contributed by atoms with Crippen molar-refractivity contribution >= 4 is 11.3 Å². The average molecular weight is 358 g/mol. The summed E-state index contributed by atoms with van der Waals surface area (Å²) in [7, 11) is 0. The number of thiazole rings is 1. The van der Waals surface area contributed by atoms with E-state index in [0.29, 0.717) is 0 Å². The predicted molar refractivity (Wildman–Crippen MR) is 103 cm³/mol. The lowest BCUT2D eigenvalue weighted by Crippen LogP contribution is -2.31. The maximum absolute atomic E-state index is 5.92. The summed E-state index contributed by atoms with van der Waals surface area (Å²) >= 11 is 1.81. The molecule has 0 spiro atoms. The number of hydrogen-bond acceptors (Lipinski definition) is 5. The first-order valence-electron chi connectivity index (χ1n) is 9.53. The quantitative estimate of drug-likeness (QED) is 0.800. The minimum atomic E-state index is 0.799. The van der Waals surface area contributed by atoms with Crippen LogP contribution in [0.1, 0.15) is 36.3 Å². The molecule has 3 heterocycles. The molecule has 2 aliphatic rings. The van der Waals surface area contributed by atoms with Crippen LogP contribution in [0, 0.1) is 0 Å². The van der Waals surface area contributed by atoms with Gasteiger partial charge in [-0.3, -0.25) is 0 Å². The maximum Gasteiger partial charge on any atom is 0.123 e. The molecule has 4 nitrogen and oxygen atoms in total. The number of nitrogens with zero attached hydrogens (tertiary/aromatic N) is 2. The Morgan fingerprint density at radius 3 is 2.76 bits per heavy atom. The lowest BCUT2D eigenvalue weighted by Gasteiger charge is -2.26. The summed E-state index contributed by atoms with van der Waals surface area (Å²) in [5, 5.41) is 4.54. The molecule has 134 valence electrons. The first-order valence-corrected chi connectivity index (χ1v) is 10.3. The number of hydrogen-bond donors (Lipinski definition) is 1. The van der Waals surface area contributed by atoms with E-state index in [2.05, 4.69) is 34.5 Å². The number of ether oxygens (including phenoxy) is 1. The van der Waals surface area contributed by atoms with E-state index < -0.39 is 0 Å². The van der Waals surface area contributed by atoms with Crippen molar-refractivity contribution in [2.75, 3.05) is 32.8 Å². The molecule has 1 aromatic carbocycles. The number of rotatable bonds is 6. The number of benzene rings is 1. The van der Waals surface area contributed by atoms with Gasteiger partial charge < -0.3 is 15.0 Å². The highest BCUT2D eigenvalue weighted by Crippen LogP contribution is 2.30. The molecule has 0 aliphatic carbocycles. The van der Waals surface area contributed by atoms with Gasteiger partial charge in [-0.25, -0.2) is 4.98 Å². The molecular formula is C20H27N3OS. The smallest absolute Gasteiger partial charge is 0.123 e. The van der Waals surface area contributed by atoms with Crippen molar-refractivity contribution in [2.45, 2.75) is 38.6 Å². The van der Waals surface area contributed by atoms with Crippen LogP contribution in [-0.4, -0.2) is 42.7 Å². The van der Waals surface area contributed by atoms with Gasteiger partial charge in [0.1, 0.15) is 10.8 Å². The van der Waals surface area contributed by atoms with Gasteiger partial charge in [-0.1, -0.05) is 6.42 Å². The monoisotopic (exact) mass is 357 g/mol. The highest BCUT2D eigenvalue weighted by Gasteiger charge is 2.15. The molecule has 0 unspecified atom stereocenters.